The standard InChI is InChI=1S/C29H34N4O3.ClH/c1-21(34)36-26-15-9-8-14-25(26)33-20-31-27(28(33)23-12-6-3-7-13-23)29(35)32-17-16-30-19-24(32)18-22-10-4-2-5-11-22;/h2-7,10-13,20,24-26,30H,8-9,14-19H2,1H3;1H/t24-,25?,26?;/m1./s1. The largest absolute Gasteiger partial charge is 0.460 e. The Morgan fingerprint density at radius 3 is 2.46 bits per heavy atom. The zero-order chi connectivity index (χ0) is 24.9. The van der Waals surface area contributed by atoms with Gasteiger partial charge in [0.1, 0.15) is 6.10 Å². The molecule has 2 fully saturated rings. The average Bonchev–Trinajstić information content (AvgIpc) is 3.35. The van der Waals surface area contributed by atoms with Gasteiger partial charge in [-0.3, -0.25) is 9.59 Å². The molecule has 2 unspecified atom stereocenters. The number of halogens is 1. The van der Waals surface area contributed by atoms with Crippen molar-refractivity contribution in [1.29, 1.82) is 0 Å². The fourth-order valence-electron chi connectivity index (χ4n) is 5.63. The van der Waals surface area contributed by atoms with Crippen LogP contribution < -0.4 is 5.32 Å². The molecule has 8 heteroatoms. The molecule has 7 nitrogen and oxygen atoms in total. The number of hydrogen-bond acceptors (Lipinski definition) is 5. The SMILES string of the molecule is CC(=O)OC1CCCCC1n1cnc(C(=O)N2CCNC[C@H]2Cc2ccccc2)c1-c1ccccc1.Cl. The Morgan fingerprint density at radius 2 is 1.73 bits per heavy atom. The van der Waals surface area contributed by atoms with Crippen LogP contribution in [-0.4, -0.2) is 58.1 Å². The third-order valence-electron chi connectivity index (χ3n) is 7.31. The van der Waals surface area contributed by atoms with E-state index in [-0.39, 0.29) is 42.5 Å². The van der Waals surface area contributed by atoms with Crippen molar-refractivity contribution < 1.29 is 14.3 Å². The van der Waals surface area contributed by atoms with E-state index in [1.54, 1.807) is 6.33 Å². The minimum atomic E-state index is -0.269. The molecule has 37 heavy (non-hydrogen) atoms. The van der Waals surface area contributed by atoms with Crippen LogP contribution in [0.1, 0.15) is 54.7 Å². The van der Waals surface area contributed by atoms with Crippen molar-refractivity contribution in [3.05, 3.63) is 78.2 Å². The maximum Gasteiger partial charge on any atom is 0.302 e. The van der Waals surface area contributed by atoms with Gasteiger partial charge in [0.2, 0.25) is 0 Å². The van der Waals surface area contributed by atoms with Gasteiger partial charge in [0, 0.05) is 38.2 Å². The van der Waals surface area contributed by atoms with Gasteiger partial charge in [-0.2, -0.15) is 0 Å². The summed E-state index contributed by atoms with van der Waals surface area (Å²) in [5.41, 5.74) is 3.43. The van der Waals surface area contributed by atoms with E-state index >= 15 is 0 Å². The van der Waals surface area contributed by atoms with E-state index in [4.69, 9.17) is 9.72 Å². The lowest BCUT2D eigenvalue weighted by Gasteiger charge is -2.36. The number of esters is 1. The topological polar surface area (TPSA) is 76.5 Å². The van der Waals surface area contributed by atoms with Crippen LogP contribution in [0.3, 0.4) is 0 Å². The molecule has 1 aliphatic heterocycles. The van der Waals surface area contributed by atoms with E-state index in [1.165, 1.54) is 12.5 Å². The third kappa shape index (κ3) is 6.05. The normalized spacial score (nSPS) is 21.6. The fraction of sp³-hybridized carbons (Fsp3) is 0.414. The summed E-state index contributed by atoms with van der Waals surface area (Å²) in [4.78, 5) is 32.6. The average molecular weight is 523 g/mol. The van der Waals surface area contributed by atoms with Crippen molar-refractivity contribution in [3.8, 4) is 11.3 Å². The summed E-state index contributed by atoms with van der Waals surface area (Å²) in [6, 6.07) is 20.3. The number of benzene rings is 2. The molecule has 0 bridgehead atoms. The Kier molecular flexibility index (Phi) is 9.00. The van der Waals surface area contributed by atoms with Gasteiger partial charge in [0.25, 0.3) is 5.91 Å². The molecule has 3 aromatic rings. The predicted octanol–water partition coefficient (Wildman–Crippen LogP) is 4.68. The number of piperazine rings is 1. The van der Waals surface area contributed by atoms with Gasteiger partial charge < -0.3 is 19.5 Å². The summed E-state index contributed by atoms with van der Waals surface area (Å²) in [6.45, 7) is 3.61. The highest BCUT2D eigenvalue weighted by Gasteiger charge is 2.35. The monoisotopic (exact) mass is 522 g/mol. The van der Waals surface area contributed by atoms with E-state index < -0.39 is 0 Å². The molecule has 3 atom stereocenters. The van der Waals surface area contributed by atoms with Crippen LogP contribution in [-0.2, 0) is 16.0 Å². The Morgan fingerprint density at radius 1 is 1.03 bits per heavy atom. The molecule has 0 spiro atoms. The van der Waals surface area contributed by atoms with Gasteiger partial charge in [-0.25, -0.2) is 4.98 Å². The van der Waals surface area contributed by atoms with Crippen LogP contribution in [0.5, 0.6) is 0 Å². The zero-order valence-electron chi connectivity index (χ0n) is 21.2. The Bertz CT molecular complexity index is 1180. The number of ether oxygens (including phenoxy) is 1. The molecule has 1 amide bonds. The van der Waals surface area contributed by atoms with Gasteiger partial charge in [0.05, 0.1) is 18.1 Å². The summed E-state index contributed by atoms with van der Waals surface area (Å²) >= 11 is 0. The molecule has 196 valence electrons. The van der Waals surface area contributed by atoms with Crippen molar-refractivity contribution in [2.75, 3.05) is 19.6 Å². The van der Waals surface area contributed by atoms with Crippen LogP contribution in [0, 0.1) is 0 Å². The predicted molar refractivity (Wildman–Crippen MR) is 146 cm³/mol. The number of carbonyl (C=O) groups excluding carboxylic acids is 2. The molecule has 2 aromatic carbocycles. The minimum Gasteiger partial charge on any atom is -0.460 e. The van der Waals surface area contributed by atoms with E-state index in [2.05, 4.69) is 22.0 Å². The first-order valence-corrected chi connectivity index (χ1v) is 13.0. The van der Waals surface area contributed by atoms with Crippen LogP contribution >= 0.6 is 12.4 Å². The summed E-state index contributed by atoms with van der Waals surface area (Å²) in [5, 5.41) is 3.45. The third-order valence-corrected chi connectivity index (χ3v) is 7.31. The second-order valence-corrected chi connectivity index (χ2v) is 9.76. The number of carbonyl (C=O) groups is 2. The molecule has 2 heterocycles. The molecular formula is C29H35ClN4O3. The number of rotatable bonds is 6. The second-order valence-electron chi connectivity index (χ2n) is 9.76. The molecule has 2 aliphatic rings. The van der Waals surface area contributed by atoms with Crippen molar-refractivity contribution in [2.24, 2.45) is 0 Å². The summed E-state index contributed by atoms with van der Waals surface area (Å²) < 4.78 is 7.81. The molecule has 1 N–H and O–H groups in total. The van der Waals surface area contributed by atoms with E-state index in [0.717, 1.165) is 56.5 Å². The quantitative estimate of drug-likeness (QED) is 0.476. The fourth-order valence-corrected chi connectivity index (χ4v) is 5.63. The molecule has 0 radical (unpaired) electrons. The van der Waals surface area contributed by atoms with Crippen molar-refractivity contribution >= 4 is 24.3 Å². The van der Waals surface area contributed by atoms with Gasteiger partial charge in [0.15, 0.2) is 5.69 Å². The molecule has 5 rings (SSSR count). The highest BCUT2D eigenvalue weighted by Crippen LogP contribution is 2.36. The molecule has 1 aliphatic carbocycles. The highest BCUT2D eigenvalue weighted by molar-refractivity contribution is 5.98. The number of nitrogens with one attached hydrogen (secondary N) is 1. The van der Waals surface area contributed by atoms with E-state index in [1.807, 2.05) is 53.4 Å². The maximum absolute atomic E-state index is 14.1. The Labute approximate surface area is 224 Å². The van der Waals surface area contributed by atoms with Crippen LogP contribution in [0.2, 0.25) is 0 Å². The first kappa shape index (κ1) is 26.9. The molecule has 1 aromatic heterocycles. The van der Waals surface area contributed by atoms with Crippen molar-refractivity contribution in [3.63, 3.8) is 0 Å². The maximum atomic E-state index is 14.1. The van der Waals surface area contributed by atoms with Crippen LogP contribution in [0.25, 0.3) is 11.3 Å². The zero-order valence-corrected chi connectivity index (χ0v) is 22.0. The van der Waals surface area contributed by atoms with Crippen LogP contribution in [0.15, 0.2) is 67.0 Å². The highest BCUT2D eigenvalue weighted by atomic mass is 35.5. The molecule has 1 saturated carbocycles. The number of amides is 1. The minimum absolute atomic E-state index is 0. The summed E-state index contributed by atoms with van der Waals surface area (Å²) in [6.07, 6.45) is 6.12. The Hall–Kier alpha value is -3.16. The van der Waals surface area contributed by atoms with Crippen LogP contribution in [0.4, 0.5) is 0 Å². The van der Waals surface area contributed by atoms with E-state index in [9.17, 15) is 9.59 Å². The van der Waals surface area contributed by atoms with E-state index in [0.29, 0.717) is 12.2 Å². The number of imidazole rings is 1. The smallest absolute Gasteiger partial charge is 0.302 e. The molecule has 1 saturated heterocycles. The Balaban J connectivity index is 0.00000320. The summed E-state index contributed by atoms with van der Waals surface area (Å²) in [5.74, 6) is -0.316. The number of aromatic nitrogens is 2. The number of hydrogen-bond donors (Lipinski definition) is 1. The molecular weight excluding hydrogens is 488 g/mol. The van der Waals surface area contributed by atoms with Gasteiger partial charge >= 0.3 is 5.97 Å². The van der Waals surface area contributed by atoms with Gasteiger partial charge in [-0.15, -0.1) is 12.4 Å². The first-order chi connectivity index (χ1) is 17.6. The number of nitrogens with zero attached hydrogens (tertiary/aromatic N) is 3. The lowest BCUT2D eigenvalue weighted by molar-refractivity contribution is -0.150. The first-order valence-electron chi connectivity index (χ1n) is 13.0. The lowest BCUT2D eigenvalue weighted by Crippen LogP contribution is -2.54. The van der Waals surface area contributed by atoms with Crippen molar-refractivity contribution in [1.82, 2.24) is 19.8 Å². The second kappa shape index (κ2) is 12.4. The van der Waals surface area contributed by atoms with Gasteiger partial charge in [-0.1, -0.05) is 67.1 Å². The summed E-state index contributed by atoms with van der Waals surface area (Å²) in [7, 11) is 0. The van der Waals surface area contributed by atoms with Crippen molar-refractivity contribution in [2.45, 2.75) is 57.2 Å². The lowest BCUT2D eigenvalue weighted by atomic mass is 9.91. The van der Waals surface area contributed by atoms with Gasteiger partial charge in [-0.05, 0) is 31.2 Å².